The van der Waals surface area contributed by atoms with Crippen LogP contribution in [0.1, 0.15) is 66.4 Å². The number of carbonyl (C=O) groups excluding carboxylic acids is 1. The number of amides is 1. The molecule has 206 valence electrons. The highest BCUT2D eigenvalue weighted by atomic mass is 16.5. The summed E-state index contributed by atoms with van der Waals surface area (Å²) in [6, 6.07) is 5.84. The summed E-state index contributed by atoms with van der Waals surface area (Å²) in [6.07, 6.45) is 8.37. The van der Waals surface area contributed by atoms with Gasteiger partial charge in [-0.3, -0.25) is 9.78 Å². The lowest BCUT2D eigenvalue weighted by molar-refractivity contribution is 0.0849. The highest BCUT2D eigenvalue weighted by Gasteiger charge is 2.30. The first-order valence-corrected chi connectivity index (χ1v) is 14.0. The first-order chi connectivity index (χ1) is 20.3. The van der Waals surface area contributed by atoms with Gasteiger partial charge in [-0.05, 0) is 75.4 Å². The Morgan fingerprint density at radius 3 is 2.85 bits per heavy atom. The largest absolute Gasteiger partial charge is 0.381 e. The molecule has 0 bridgehead atoms. The molecule has 1 amide bonds. The number of anilines is 2. The van der Waals surface area contributed by atoms with Gasteiger partial charge in [0.2, 0.25) is 0 Å². The van der Waals surface area contributed by atoms with E-state index in [0.717, 1.165) is 65.5 Å². The smallest absolute Gasteiger partial charge is 0.254 e. The molecule has 4 aromatic heterocycles. The molecule has 1 fully saturated rings. The molecule has 3 aliphatic rings. The topological polar surface area (TPSA) is 97.2 Å². The number of rotatable bonds is 6. The van der Waals surface area contributed by atoms with Gasteiger partial charge in [-0.15, -0.1) is 0 Å². The van der Waals surface area contributed by atoms with Crippen molar-refractivity contribution in [3.8, 4) is 11.3 Å². The van der Waals surface area contributed by atoms with Crippen LogP contribution in [-0.2, 0) is 37.7 Å². The molecular formula is C31H35N7O2. The molecule has 0 saturated carbocycles. The van der Waals surface area contributed by atoms with Crippen molar-refractivity contribution in [3.63, 3.8) is 0 Å². The van der Waals surface area contributed by atoms with Crippen LogP contribution in [0.5, 0.6) is 0 Å². The van der Waals surface area contributed by atoms with Gasteiger partial charge in [-0.2, -0.15) is 0 Å². The fourth-order valence-electron chi connectivity index (χ4n) is 6.58. The third-order valence-corrected chi connectivity index (χ3v) is 8.41. The zero-order chi connectivity index (χ0) is 29.2. The van der Waals surface area contributed by atoms with E-state index >= 15 is 0 Å². The maximum Gasteiger partial charge on any atom is 0.254 e. The second-order valence-corrected chi connectivity index (χ2v) is 11.1. The highest BCUT2D eigenvalue weighted by Crippen LogP contribution is 2.40. The van der Waals surface area contributed by atoms with Gasteiger partial charge in [0, 0.05) is 64.4 Å². The van der Waals surface area contributed by atoms with E-state index in [0.29, 0.717) is 42.5 Å². The fraction of sp³-hybridized carbons (Fsp3) is 0.419. The first-order valence-electron chi connectivity index (χ1n) is 15.0. The van der Waals surface area contributed by atoms with Crippen molar-refractivity contribution >= 4 is 28.4 Å². The van der Waals surface area contributed by atoms with Crippen LogP contribution >= 0.6 is 0 Å². The minimum atomic E-state index is -1.78. The quantitative estimate of drug-likeness (QED) is 0.373. The normalized spacial score (nSPS) is 18.1. The van der Waals surface area contributed by atoms with Crippen LogP contribution in [0.4, 0.5) is 11.5 Å². The summed E-state index contributed by atoms with van der Waals surface area (Å²) in [7, 11) is 5.51. The van der Waals surface area contributed by atoms with Gasteiger partial charge in [0.1, 0.15) is 11.5 Å². The Hall–Kier alpha value is -3.82. The van der Waals surface area contributed by atoms with E-state index in [9.17, 15) is 4.79 Å². The number of fused-ring (bicyclic) bond motifs is 4. The molecule has 0 unspecified atom stereocenters. The van der Waals surface area contributed by atoms with Gasteiger partial charge >= 0.3 is 0 Å². The summed E-state index contributed by atoms with van der Waals surface area (Å²) >= 11 is 0. The predicted octanol–water partition coefficient (Wildman–Crippen LogP) is 4.46. The molecular weight excluding hydrogens is 502 g/mol. The Kier molecular flexibility index (Phi) is 5.72. The number of pyridine rings is 3. The molecule has 9 heteroatoms. The summed E-state index contributed by atoms with van der Waals surface area (Å²) in [5.41, 5.74) is 8.62. The number of carbonyl (C=O) groups is 1. The van der Waals surface area contributed by atoms with Crippen molar-refractivity contribution in [1.82, 2.24) is 29.7 Å². The summed E-state index contributed by atoms with van der Waals surface area (Å²) in [6.45, 7) is -0.0847. The average molecular weight is 540 g/mol. The van der Waals surface area contributed by atoms with E-state index in [1.807, 2.05) is 24.4 Å². The Bertz CT molecular complexity index is 1730. The predicted molar refractivity (Wildman–Crippen MR) is 155 cm³/mol. The maximum absolute atomic E-state index is 13.2. The maximum atomic E-state index is 13.2. The van der Waals surface area contributed by atoms with E-state index in [-0.39, 0.29) is 11.8 Å². The SMILES string of the molecule is [2H]C([2H])(c1nc(Nc2cnc(-c3ccnc4c3c3c(n4C)CCC3)c3c2C(=O)NC3)ccc1C1CCOCC1)N(C)C. The number of aromatic nitrogens is 4. The van der Waals surface area contributed by atoms with Crippen molar-refractivity contribution in [2.45, 2.75) is 51.1 Å². The number of hydrogen-bond donors (Lipinski definition) is 2. The monoisotopic (exact) mass is 539 g/mol. The molecule has 0 aromatic carbocycles. The first kappa shape index (κ1) is 22.9. The average Bonchev–Trinajstić information content (AvgIpc) is 3.70. The second kappa shape index (κ2) is 9.98. The van der Waals surface area contributed by atoms with Crippen molar-refractivity contribution in [2.24, 2.45) is 7.05 Å². The lowest BCUT2D eigenvalue weighted by atomic mass is 9.90. The molecule has 2 aliphatic heterocycles. The molecule has 1 aliphatic carbocycles. The molecule has 2 N–H and O–H groups in total. The van der Waals surface area contributed by atoms with Crippen LogP contribution in [0, 0.1) is 0 Å². The van der Waals surface area contributed by atoms with Crippen molar-refractivity contribution in [2.75, 3.05) is 32.6 Å². The lowest BCUT2D eigenvalue weighted by Gasteiger charge is -2.25. The van der Waals surface area contributed by atoms with Gasteiger partial charge in [0.05, 0.1) is 28.8 Å². The summed E-state index contributed by atoms with van der Waals surface area (Å²) < 4.78 is 25.4. The molecule has 40 heavy (non-hydrogen) atoms. The van der Waals surface area contributed by atoms with E-state index in [2.05, 4.69) is 27.2 Å². The van der Waals surface area contributed by atoms with Crippen molar-refractivity contribution in [1.29, 1.82) is 0 Å². The number of aryl methyl sites for hydroxylation is 2. The van der Waals surface area contributed by atoms with Gasteiger partial charge in [0.15, 0.2) is 0 Å². The van der Waals surface area contributed by atoms with Crippen molar-refractivity contribution < 1.29 is 12.3 Å². The van der Waals surface area contributed by atoms with E-state index in [1.54, 1.807) is 25.2 Å². The lowest BCUT2D eigenvalue weighted by Crippen LogP contribution is -2.20. The Morgan fingerprint density at radius 1 is 1.18 bits per heavy atom. The zero-order valence-corrected chi connectivity index (χ0v) is 23.2. The van der Waals surface area contributed by atoms with Crippen LogP contribution in [0.2, 0.25) is 0 Å². The van der Waals surface area contributed by atoms with Crippen LogP contribution in [-0.4, -0.2) is 57.6 Å². The Labute approximate surface area is 236 Å². The number of ether oxygens (including phenoxy) is 1. The molecule has 1 saturated heterocycles. The molecule has 0 spiro atoms. The Morgan fingerprint density at radius 2 is 2.02 bits per heavy atom. The third-order valence-electron chi connectivity index (χ3n) is 8.41. The van der Waals surface area contributed by atoms with Gasteiger partial charge in [-0.1, -0.05) is 6.07 Å². The summed E-state index contributed by atoms with van der Waals surface area (Å²) in [5, 5.41) is 7.44. The number of nitrogens with one attached hydrogen (secondary N) is 2. The fourth-order valence-corrected chi connectivity index (χ4v) is 6.58. The molecule has 6 heterocycles. The highest BCUT2D eigenvalue weighted by molar-refractivity contribution is 6.07. The molecule has 9 nitrogen and oxygen atoms in total. The second-order valence-electron chi connectivity index (χ2n) is 11.1. The number of nitrogens with zero attached hydrogens (tertiary/aromatic N) is 5. The third kappa shape index (κ3) is 4.15. The van der Waals surface area contributed by atoms with Crippen LogP contribution in [0.15, 0.2) is 30.6 Å². The summed E-state index contributed by atoms with van der Waals surface area (Å²) in [5.74, 6) is 0.482. The molecule has 0 radical (unpaired) electrons. The van der Waals surface area contributed by atoms with Crippen LogP contribution in [0.25, 0.3) is 22.3 Å². The van der Waals surface area contributed by atoms with Crippen LogP contribution < -0.4 is 10.6 Å². The number of hydrogen-bond acceptors (Lipinski definition) is 7. The van der Waals surface area contributed by atoms with E-state index < -0.39 is 6.50 Å². The van der Waals surface area contributed by atoms with Gasteiger partial charge in [0.25, 0.3) is 5.91 Å². The zero-order valence-electron chi connectivity index (χ0n) is 25.2. The minimum absolute atomic E-state index is 0.164. The van der Waals surface area contributed by atoms with Gasteiger partial charge < -0.3 is 24.8 Å². The minimum Gasteiger partial charge on any atom is -0.381 e. The van der Waals surface area contributed by atoms with E-state index in [4.69, 9.17) is 17.4 Å². The standard InChI is InChI=1S/C31H35N7O2/c1-37(2)17-24-19(18-10-13-40-14-11-18)7-8-26(36-24)35-23-16-33-29(22-15-34-31(39)28(22)23)21-9-12-32-30-27(21)20-5-4-6-25(20)38(30)3/h7-9,12,16,18H,4-6,10-11,13-15,17H2,1-3H3,(H,34,39)(H,35,36)/i17D2. The van der Waals surface area contributed by atoms with E-state index in [1.165, 1.54) is 11.3 Å². The van der Waals surface area contributed by atoms with Crippen LogP contribution in [0.3, 0.4) is 0 Å². The molecule has 4 aromatic rings. The molecule has 7 rings (SSSR count). The van der Waals surface area contributed by atoms with Crippen molar-refractivity contribution in [3.05, 3.63) is 64.2 Å². The van der Waals surface area contributed by atoms with Gasteiger partial charge in [-0.25, -0.2) is 9.97 Å². The molecule has 0 atom stereocenters. The summed E-state index contributed by atoms with van der Waals surface area (Å²) in [4.78, 5) is 29.1. The Balaban J connectivity index is 1.31.